The average molecular weight is 258 g/mol. The van der Waals surface area contributed by atoms with Gasteiger partial charge in [-0.15, -0.1) is 0 Å². The molecular weight excluding hydrogens is 247 g/mol. The summed E-state index contributed by atoms with van der Waals surface area (Å²) in [6, 6.07) is 9.79. The highest BCUT2D eigenvalue weighted by atomic mass is 19.1. The number of benzene rings is 2. The van der Waals surface area contributed by atoms with Gasteiger partial charge in [0.25, 0.3) is 0 Å². The van der Waals surface area contributed by atoms with Gasteiger partial charge in [0, 0.05) is 6.42 Å². The van der Waals surface area contributed by atoms with Crippen molar-refractivity contribution in [2.75, 3.05) is 6.61 Å². The van der Waals surface area contributed by atoms with E-state index in [2.05, 4.69) is 0 Å². The van der Waals surface area contributed by atoms with Gasteiger partial charge in [0.15, 0.2) is 0 Å². The summed E-state index contributed by atoms with van der Waals surface area (Å²) in [7, 11) is 0. The molecule has 0 bridgehead atoms. The lowest BCUT2D eigenvalue weighted by atomic mass is 10.00. The first-order valence-corrected chi connectivity index (χ1v) is 5.94. The first-order chi connectivity index (χ1) is 9.15. The van der Waals surface area contributed by atoms with Crippen molar-refractivity contribution in [3.63, 3.8) is 0 Å². The molecule has 0 radical (unpaired) electrons. The van der Waals surface area contributed by atoms with Gasteiger partial charge in [-0.1, -0.05) is 12.1 Å². The molecule has 3 rings (SSSR count). The number of aromatic carboxylic acids is 1. The van der Waals surface area contributed by atoms with Crippen LogP contribution in [0, 0.1) is 5.82 Å². The molecule has 1 heterocycles. The van der Waals surface area contributed by atoms with Crippen LogP contribution in [-0.4, -0.2) is 17.7 Å². The van der Waals surface area contributed by atoms with Gasteiger partial charge < -0.3 is 9.84 Å². The molecule has 0 fully saturated rings. The Morgan fingerprint density at radius 1 is 1.16 bits per heavy atom. The van der Waals surface area contributed by atoms with Crippen LogP contribution in [0.2, 0.25) is 0 Å². The SMILES string of the molecule is O=C(O)c1cc(-c2ccc3c(c2)CCO3)ccc1F. The summed E-state index contributed by atoms with van der Waals surface area (Å²) in [6.45, 7) is 0.669. The summed E-state index contributed by atoms with van der Waals surface area (Å²) in [5, 5.41) is 8.93. The van der Waals surface area contributed by atoms with Crippen molar-refractivity contribution in [3.8, 4) is 16.9 Å². The van der Waals surface area contributed by atoms with Gasteiger partial charge in [-0.25, -0.2) is 9.18 Å². The number of halogens is 1. The molecular formula is C15H11FO3. The minimum absolute atomic E-state index is 0.311. The summed E-state index contributed by atoms with van der Waals surface area (Å²) in [5.74, 6) is -1.12. The van der Waals surface area contributed by atoms with E-state index in [1.807, 2.05) is 18.2 Å². The molecule has 4 heteroatoms. The molecule has 0 amide bonds. The second-order valence-corrected chi connectivity index (χ2v) is 4.42. The van der Waals surface area contributed by atoms with Crippen LogP contribution in [0.15, 0.2) is 36.4 Å². The molecule has 19 heavy (non-hydrogen) atoms. The maximum atomic E-state index is 13.4. The van der Waals surface area contributed by atoms with Gasteiger partial charge in [0.1, 0.15) is 11.6 Å². The third-order valence-electron chi connectivity index (χ3n) is 3.22. The first kappa shape index (κ1) is 11.7. The number of hydrogen-bond donors (Lipinski definition) is 1. The molecule has 1 aliphatic heterocycles. The molecule has 0 atom stereocenters. The van der Waals surface area contributed by atoms with E-state index >= 15 is 0 Å². The average Bonchev–Trinajstić information content (AvgIpc) is 2.86. The summed E-state index contributed by atoms with van der Waals surface area (Å²) in [5.41, 5.74) is 2.34. The number of rotatable bonds is 2. The van der Waals surface area contributed by atoms with Crippen molar-refractivity contribution < 1.29 is 19.0 Å². The molecule has 96 valence electrons. The molecule has 0 unspecified atom stereocenters. The van der Waals surface area contributed by atoms with E-state index in [-0.39, 0.29) is 5.56 Å². The number of hydrogen-bond acceptors (Lipinski definition) is 2. The van der Waals surface area contributed by atoms with Crippen molar-refractivity contribution >= 4 is 5.97 Å². The number of carboxylic acids is 1. The van der Waals surface area contributed by atoms with E-state index in [4.69, 9.17) is 9.84 Å². The molecule has 2 aromatic rings. The van der Waals surface area contributed by atoms with Crippen LogP contribution in [0.4, 0.5) is 4.39 Å². The van der Waals surface area contributed by atoms with E-state index in [0.717, 1.165) is 23.3 Å². The minimum Gasteiger partial charge on any atom is -0.493 e. The summed E-state index contributed by atoms with van der Waals surface area (Å²) in [6.07, 6.45) is 0.843. The quantitative estimate of drug-likeness (QED) is 0.900. The Hall–Kier alpha value is -2.36. The summed E-state index contributed by atoms with van der Waals surface area (Å²) < 4.78 is 18.8. The van der Waals surface area contributed by atoms with Crippen LogP contribution >= 0.6 is 0 Å². The van der Waals surface area contributed by atoms with Gasteiger partial charge in [-0.05, 0) is 41.0 Å². The zero-order valence-corrected chi connectivity index (χ0v) is 10.0. The Kier molecular flexibility index (Phi) is 2.71. The molecule has 0 saturated carbocycles. The smallest absolute Gasteiger partial charge is 0.338 e. The fraction of sp³-hybridized carbons (Fsp3) is 0.133. The molecule has 1 N–H and O–H groups in total. The zero-order valence-electron chi connectivity index (χ0n) is 10.0. The Labute approximate surface area is 109 Å². The Balaban J connectivity index is 2.07. The molecule has 0 aliphatic carbocycles. The highest BCUT2D eigenvalue weighted by molar-refractivity contribution is 5.89. The second kappa shape index (κ2) is 4.39. The first-order valence-electron chi connectivity index (χ1n) is 5.94. The van der Waals surface area contributed by atoms with Gasteiger partial charge >= 0.3 is 5.97 Å². The van der Waals surface area contributed by atoms with Gasteiger partial charge in [-0.2, -0.15) is 0 Å². The van der Waals surface area contributed by atoms with Crippen LogP contribution in [0.1, 0.15) is 15.9 Å². The maximum absolute atomic E-state index is 13.4. The molecule has 0 spiro atoms. The van der Waals surface area contributed by atoms with E-state index in [0.29, 0.717) is 12.2 Å². The third-order valence-corrected chi connectivity index (χ3v) is 3.22. The van der Waals surface area contributed by atoms with Gasteiger partial charge in [-0.3, -0.25) is 0 Å². The molecule has 0 aromatic heterocycles. The topological polar surface area (TPSA) is 46.5 Å². The molecule has 0 saturated heterocycles. The van der Waals surface area contributed by atoms with Gasteiger partial charge in [0.2, 0.25) is 0 Å². The normalized spacial score (nSPS) is 12.9. The Morgan fingerprint density at radius 3 is 2.68 bits per heavy atom. The van der Waals surface area contributed by atoms with Crippen molar-refractivity contribution in [3.05, 3.63) is 53.3 Å². The Morgan fingerprint density at radius 2 is 1.89 bits per heavy atom. The van der Waals surface area contributed by atoms with E-state index in [1.165, 1.54) is 12.1 Å². The number of fused-ring (bicyclic) bond motifs is 1. The largest absolute Gasteiger partial charge is 0.493 e. The number of ether oxygens (including phenoxy) is 1. The summed E-state index contributed by atoms with van der Waals surface area (Å²) >= 11 is 0. The molecule has 3 nitrogen and oxygen atoms in total. The zero-order chi connectivity index (χ0) is 13.4. The van der Waals surface area contributed by atoms with Crippen molar-refractivity contribution in [2.24, 2.45) is 0 Å². The third kappa shape index (κ3) is 2.05. The standard InChI is InChI=1S/C15H11FO3/c16-13-3-1-10(8-12(13)15(17)18)9-2-4-14-11(7-9)5-6-19-14/h1-4,7-8H,5-6H2,(H,17,18). The fourth-order valence-corrected chi connectivity index (χ4v) is 2.23. The predicted molar refractivity (Wildman–Crippen MR) is 68.0 cm³/mol. The lowest BCUT2D eigenvalue weighted by molar-refractivity contribution is 0.0692. The van der Waals surface area contributed by atoms with Crippen LogP contribution < -0.4 is 4.74 Å². The van der Waals surface area contributed by atoms with E-state index in [1.54, 1.807) is 6.07 Å². The predicted octanol–water partition coefficient (Wildman–Crippen LogP) is 3.13. The van der Waals surface area contributed by atoms with Crippen molar-refractivity contribution in [1.29, 1.82) is 0 Å². The number of carbonyl (C=O) groups is 1. The highest BCUT2D eigenvalue weighted by Gasteiger charge is 2.15. The molecule has 2 aromatic carbocycles. The lowest BCUT2D eigenvalue weighted by Crippen LogP contribution is -2.00. The minimum atomic E-state index is -1.26. The van der Waals surface area contributed by atoms with Crippen LogP contribution in [0.5, 0.6) is 5.75 Å². The fourth-order valence-electron chi connectivity index (χ4n) is 2.23. The summed E-state index contributed by atoms with van der Waals surface area (Å²) in [4.78, 5) is 10.9. The van der Waals surface area contributed by atoms with Gasteiger partial charge in [0.05, 0.1) is 12.2 Å². The number of carboxylic acid groups (broad SMARTS) is 1. The highest BCUT2D eigenvalue weighted by Crippen LogP contribution is 2.31. The Bertz CT molecular complexity index is 664. The van der Waals surface area contributed by atoms with Crippen LogP contribution in [0.25, 0.3) is 11.1 Å². The maximum Gasteiger partial charge on any atom is 0.338 e. The van der Waals surface area contributed by atoms with Crippen LogP contribution in [-0.2, 0) is 6.42 Å². The van der Waals surface area contributed by atoms with E-state index < -0.39 is 11.8 Å². The van der Waals surface area contributed by atoms with Crippen LogP contribution in [0.3, 0.4) is 0 Å². The second-order valence-electron chi connectivity index (χ2n) is 4.42. The monoisotopic (exact) mass is 258 g/mol. The molecule has 1 aliphatic rings. The van der Waals surface area contributed by atoms with E-state index in [9.17, 15) is 9.18 Å². The van der Waals surface area contributed by atoms with Crippen molar-refractivity contribution in [2.45, 2.75) is 6.42 Å². The van der Waals surface area contributed by atoms with Crippen molar-refractivity contribution in [1.82, 2.24) is 0 Å². The lowest BCUT2D eigenvalue weighted by Gasteiger charge is -2.06.